The molecule has 0 amide bonds. The summed E-state index contributed by atoms with van der Waals surface area (Å²) in [5.41, 5.74) is 3.76. The molecule has 1 aliphatic heterocycles. The van der Waals surface area contributed by atoms with E-state index >= 15 is 0 Å². The molecule has 0 radical (unpaired) electrons. The second-order valence-corrected chi connectivity index (χ2v) is 4.81. The van der Waals surface area contributed by atoms with Crippen molar-refractivity contribution >= 4 is 0 Å². The maximum atomic E-state index is 13.6. The molecule has 1 unspecified atom stereocenters. The van der Waals surface area contributed by atoms with Crippen LogP contribution in [0.1, 0.15) is 18.5 Å². The standard InChI is InChI=1S/C13H19F2N3/c1-10(12-4-3-11(14)9-13(12)15)16-18-7-5-17(2)6-8-18/h3-4,9-10,16H,5-8H2,1-2H3. The van der Waals surface area contributed by atoms with Gasteiger partial charge in [0.05, 0.1) is 0 Å². The lowest BCUT2D eigenvalue weighted by molar-refractivity contribution is 0.0892. The molecule has 1 aromatic rings. The van der Waals surface area contributed by atoms with Crippen molar-refractivity contribution in [2.24, 2.45) is 0 Å². The normalized spacial score (nSPS) is 20.0. The molecule has 18 heavy (non-hydrogen) atoms. The number of halogens is 2. The van der Waals surface area contributed by atoms with Crippen molar-refractivity contribution in [3.8, 4) is 0 Å². The summed E-state index contributed by atoms with van der Waals surface area (Å²) in [6.45, 7) is 5.68. The van der Waals surface area contributed by atoms with Crippen LogP contribution in [-0.4, -0.2) is 43.1 Å². The average Bonchev–Trinajstić information content (AvgIpc) is 2.32. The fraction of sp³-hybridized carbons (Fsp3) is 0.538. The Kier molecular flexibility index (Phi) is 4.27. The van der Waals surface area contributed by atoms with Crippen LogP contribution in [0.25, 0.3) is 0 Å². The topological polar surface area (TPSA) is 18.5 Å². The first-order chi connectivity index (χ1) is 8.56. The van der Waals surface area contributed by atoms with Gasteiger partial charge in [0, 0.05) is 43.9 Å². The monoisotopic (exact) mass is 255 g/mol. The molecule has 5 heteroatoms. The van der Waals surface area contributed by atoms with Crippen LogP contribution in [0.5, 0.6) is 0 Å². The van der Waals surface area contributed by atoms with Crippen molar-refractivity contribution in [3.05, 3.63) is 35.4 Å². The van der Waals surface area contributed by atoms with Gasteiger partial charge in [0.25, 0.3) is 0 Å². The summed E-state index contributed by atoms with van der Waals surface area (Å²) < 4.78 is 26.4. The fourth-order valence-electron chi connectivity index (χ4n) is 2.13. The van der Waals surface area contributed by atoms with Gasteiger partial charge >= 0.3 is 0 Å². The van der Waals surface area contributed by atoms with Crippen molar-refractivity contribution < 1.29 is 8.78 Å². The van der Waals surface area contributed by atoms with Gasteiger partial charge in [0.1, 0.15) is 11.6 Å². The molecule has 100 valence electrons. The first-order valence-corrected chi connectivity index (χ1v) is 6.21. The van der Waals surface area contributed by atoms with Crippen molar-refractivity contribution in [1.29, 1.82) is 0 Å². The van der Waals surface area contributed by atoms with E-state index in [4.69, 9.17) is 0 Å². The molecule has 0 spiro atoms. The number of hydrogen-bond donors (Lipinski definition) is 1. The lowest BCUT2D eigenvalue weighted by Crippen LogP contribution is -2.51. The van der Waals surface area contributed by atoms with Crippen molar-refractivity contribution in [2.45, 2.75) is 13.0 Å². The Morgan fingerprint density at radius 2 is 1.83 bits per heavy atom. The molecule has 1 saturated heterocycles. The van der Waals surface area contributed by atoms with E-state index in [2.05, 4.69) is 22.4 Å². The molecule has 0 saturated carbocycles. The largest absolute Gasteiger partial charge is 0.304 e. The third-order valence-corrected chi connectivity index (χ3v) is 3.31. The smallest absolute Gasteiger partial charge is 0.130 e. The highest BCUT2D eigenvalue weighted by molar-refractivity contribution is 5.21. The van der Waals surface area contributed by atoms with Crippen LogP contribution in [0.3, 0.4) is 0 Å². The Hall–Kier alpha value is -1.04. The summed E-state index contributed by atoms with van der Waals surface area (Å²) in [7, 11) is 2.08. The SMILES string of the molecule is CC(NN1CCN(C)CC1)c1ccc(F)cc1F. The molecule has 1 fully saturated rings. The number of hydrazine groups is 1. The van der Waals surface area contributed by atoms with Crippen LogP contribution >= 0.6 is 0 Å². The Morgan fingerprint density at radius 3 is 2.44 bits per heavy atom. The van der Waals surface area contributed by atoms with Gasteiger partial charge < -0.3 is 4.90 Å². The predicted octanol–water partition coefficient (Wildman–Crippen LogP) is 1.78. The molecule has 0 aromatic heterocycles. The van der Waals surface area contributed by atoms with Crippen molar-refractivity contribution in [1.82, 2.24) is 15.3 Å². The highest BCUT2D eigenvalue weighted by Gasteiger charge is 2.18. The van der Waals surface area contributed by atoms with Crippen LogP contribution in [0.2, 0.25) is 0 Å². The highest BCUT2D eigenvalue weighted by Crippen LogP contribution is 2.18. The average molecular weight is 255 g/mol. The second kappa shape index (κ2) is 5.73. The van der Waals surface area contributed by atoms with E-state index in [0.717, 1.165) is 32.2 Å². The maximum Gasteiger partial charge on any atom is 0.130 e. The summed E-state index contributed by atoms with van der Waals surface area (Å²) in [6, 6.07) is 3.56. The van der Waals surface area contributed by atoms with Crippen molar-refractivity contribution in [2.75, 3.05) is 33.2 Å². The Labute approximate surface area is 106 Å². The predicted molar refractivity (Wildman–Crippen MR) is 67.0 cm³/mol. The molecule has 1 aliphatic rings. The zero-order valence-corrected chi connectivity index (χ0v) is 10.8. The zero-order chi connectivity index (χ0) is 13.1. The number of piperazine rings is 1. The van der Waals surface area contributed by atoms with Gasteiger partial charge in [0.2, 0.25) is 0 Å². The molecular formula is C13H19F2N3. The number of hydrogen-bond acceptors (Lipinski definition) is 3. The Morgan fingerprint density at radius 1 is 1.17 bits per heavy atom. The van der Waals surface area contributed by atoms with Crippen LogP contribution in [-0.2, 0) is 0 Å². The summed E-state index contributed by atoms with van der Waals surface area (Å²) in [6.07, 6.45) is 0. The third kappa shape index (κ3) is 3.25. The van der Waals surface area contributed by atoms with Gasteiger partial charge in [-0.05, 0) is 20.0 Å². The van der Waals surface area contributed by atoms with E-state index in [1.54, 1.807) is 0 Å². The third-order valence-electron chi connectivity index (χ3n) is 3.31. The lowest BCUT2D eigenvalue weighted by Gasteiger charge is -2.34. The van der Waals surface area contributed by atoms with E-state index in [0.29, 0.717) is 5.56 Å². The minimum Gasteiger partial charge on any atom is -0.304 e. The number of nitrogens with one attached hydrogen (secondary N) is 1. The molecular weight excluding hydrogens is 236 g/mol. The Balaban J connectivity index is 1.97. The van der Waals surface area contributed by atoms with E-state index in [9.17, 15) is 8.78 Å². The summed E-state index contributed by atoms with van der Waals surface area (Å²) in [5.74, 6) is -1.04. The summed E-state index contributed by atoms with van der Waals surface area (Å²) in [4.78, 5) is 2.25. The van der Waals surface area contributed by atoms with Crippen molar-refractivity contribution in [3.63, 3.8) is 0 Å². The van der Waals surface area contributed by atoms with Crippen LogP contribution < -0.4 is 5.43 Å². The van der Waals surface area contributed by atoms with Gasteiger partial charge in [-0.15, -0.1) is 0 Å². The quantitative estimate of drug-likeness (QED) is 0.888. The first kappa shape index (κ1) is 13.4. The number of likely N-dealkylation sites (N-methyl/N-ethyl adjacent to an activating group) is 1. The number of benzene rings is 1. The van der Waals surface area contributed by atoms with Gasteiger partial charge in [-0.3, -0.25) is 0 Å². The highest BCUT2D eigenvalue weighted by atomic mass is 19.1. The summed E-state index contributed by atoms with van der Waals surface area (Å²) in [5, 5.41) is 2.09. The van der Waals surface area contributed by atoms with E-state index in [-0.39, 0.29) is 6.04 Å². The van der Waals surface area contributed by atoms with Gasteiger partial charge in [0.15, 0.2) is 0 Å². The molecule has 1 aromatic carbocycles. The molecule has 3 nitrogen and oxygen atoms in total. The van der Waals surface area contributed by atoms with E-state index in [1.165, 1.54) is 12.1 Å². The molecule has 0 aliphatic carbocycles. The van der Waals surface area contributed by atoms with Gasteiger partial charge in [-0.25, -0.2) is 19.2 Å². The van der Waals surface area contributed by atoms with Crippen LogP contribution in [0, 0.1) is 11.6 Å². The zero-order valence-electron chi connectivity index (χ0n) is 10.8. The lowest BCUT2D eigenvalue weighted by atomic mass is 10.1. The number of rotatable bonds is 3. The molecule has 0 bridgehead atoms. The molecule has 1 atom stereocenters. The molecule has 1 N–H and O–H groups in total. The molecule has 1 heterocycles. The van der Waals surface area contributed by atoms with Crippen LogP contribution in [0.4, 0.5) is 8.78 Å². The first-order valence-electron chi connectivity index (χ1n) is 6.21. The Bertz CT molecular complexity index is 403. The number of nitrogens with zero attached hydrogens (tertiary/aromatic N) is 2. The van der Waals surface area contributed by atoms with E-state index < -0.39 is 11.6 Å². The minimum absolute atomic E-state index is 0.158. The summed E-state index contributed by atoms with van der Waals surface area (Å²) >= 11 is 0. The van der Waals surface area contributed by atoms with Gasteiger partial charge in [-0.2, -0.15) is 0 Å². The van der Waals surface area contributed by atoms with E-state index in [1.807, 2.05) is 6.92 Å². The fourth-order valence-corrected chi connectivity index (χ4v) is 2.13. The second-order valence-electron chi connectivity index (χ2n) is 4.81. The van der Waals surface area contributed by atoms with Crippen LogP contribution in [0.15, 0.2) is 18.2 Å². The van der Waals surface area contributed by atoms with Gasteiger partial charge in [-0.1, -0.05) is 6.07 Å². The maximum absolute atomic E-state index is 13.6. The molecule has 2 rings (SSSR count). The minimum atomic E-state index is -0.539.